The normalized spacial score (nSPS) is 10.8. The zero-order valence-electron chi connectivity index (χ0n) is 11.9. The summed E-state index contributed by atoms with van der Waals surface area (Å²) in [6.45, 7) is 3.92. The van der Waals surface area contributed by atoms with Crippen LogP contribution in [0.3, 0.4) is 0 Å². The Labute approximate surface area is 123 Å². The van der Waals surface area contributed by atoms with Gasteiger partial charge in [0.05, 0.1) is 17.5 Å². The molecule has 3 aromatic rings. The highest BCUT2D eigenvalue weighted by Crippen LogP contribution is 2.24. The maximum Gasteiger partial charge on any atom is 0.233 e. The minimum Gasteiger partial charge on any atom is -0.474 e. The third-order valence-corrected chi connectivity index (χ3v) is 2.97. The monoisotopic (exact) mass is 280 g/mol. The van der Waals surface area contributed by atoms with Gasteiger partial charge in [0, 0.05) is 23.4 Å². The summed E-state index contributed by atoms with van der Waals surface area (Å²) < 4.78 is 5.50. The lowest BCUT2D eigenvalue weighted by Gasteiger charge is -2.08. The average Bonchev–Trinajstić information content (AvgIpc) is 3.02. The van der Waals surface area contributed by atoms with Crippen molar-refractivity contribution in [2.75, 3.05) is 0 Å². The van der Waals surface area contributed by atoms with Crippen LogP contribution in [0.2, 0.25) is 0 Å². The lowest BCUT2D eigenvalue weighted by molar-refractivity contribution is 0.230. The second-order valence-corrected chi connectivity index (χ2v) is 4.97. The molecule has 2 heterocycles. The largest absolute Gasteiger partial charge is 0.474 e. The molecule has 0 radical (unpaired) electrons. The Balaban J connectivity index is 1.88. The molecule has 2 aromatic heterocycles. The SMILES string of the molecule is CC(C)Oc1ccc(-c2cccc(-c3ccn[nH]3)c2)nn1. The van der Waals surface area contributed by atoms with Gasteiger partial charge in [0.15, 0.2) is 0 Å². The molecule has 3 rings (SSSR count). The Morgan fingerprint density at radius 2 is 1.86 bits per heavy atom. The molecular formula is C16H16N4O. The van der Waals surface area contributed by atoms with E-state index in [-0.39, 0.29) is 6.10 Å². The van der Waals surface area contributed by atoms with Gasteiger partial charge in [-0.2, -0.15) is 5.10 Å². The third kappa shape index (κ3) is 3.08. The number of ether oxygens (including phenoxy) is 1. The van der Waals surface area contributed by atoms with Crippen molar-refractivity contribution in [2.45, 2.75) is 20.0 Å². The molecule has 5 heteroatoms. The van der Waals surface area contributed by atoms with E-state index in [0.29, 0.717) is 5.88 Å². The number of nitrogens with one attached hydrogen (secondary N) is 1. The standard InChI is InChI=1S/C16H16N4O/c1-11(2)21-16-7-6-14(19-20-16)12-4-3-5-13(10-12)15-8-9-17-18-15/h3-11H,1-2H3,(H,17,18). The lowest BCUT2D eigenvalue weighted by Crippen LogP contribution is -2.07. The number of rotatable bonds is 4. The van der Waals surface area contributed by atoms with E-state index in [9.17, 15) is 0 Å². The number of aromatic nitrogens is 4. The van der Waals surface area contributed by atoms with Crippen molar-refractivity contribution in [2.24, 2.45) is 0 Å². The molecule has 1 N–H and O–H groups in total. The van der Waals surface area contributed by atoms with Crippen LogP contribution in [-0.2, 0) is 0 Å². The summed E-state index contributed by atoms with van der Waals surface area (Å²) >= 11 is 0. The summed E-state index contributed by atoms with van der Waals surface area (Å²) in [6.07, 6.45) is 1.83. The van der Waals surface area contributed by atoms with E-state index < -0.39 is 0 Å². The maximum atomic E-state index is 5.50. The van der Waals surface area contributed by atoms with Gasteiger partial charge in [-0.3, -0.25) is 5.10 Å². The van der Waals surface area contributed by atoms with Crippen LogP contribution < -0.4 is 4.74 Å². The Morgan fingerprint density at radius 3 is 2.52 bits per heavy atom. The van der Waals surface area contributed by atoms with Gasteiger partial charge in [0.1, 0.15) is 0 Å². The molecule has 0 saturated heterocycles. The lowest BCUT2D eigenvalue weighted by atomic mass is 10.1. The fourth-order valence-corrected chi connectivity index (χ4v) is 2.04. The molecule has 1 aromatic carbocycles. The number of benzene rings is 1. The highest BCUT2D eigenvalue weighted by Gasteiger charge is 2.05. The van der Waals surface area contributed by atoms with Gasteiger partial charge in [-0.25, -0.2) is 0 Å². The first-order chi connectivity index (χ1) is 10.2. The minimum atomic E-state index is 0.0915. The van der Waals surface area contributed by atoms with E-state index in [1.807, 2.05) is 50.2 Å². The highest BCUT2D eigenvalue weighted by molar-refractivity contribution is 5.68. The first-order valence-corrected chi connectivity index (χ1v) is 6.83. The smallest absolute Gasteiger partial charge is 0.233 e. The zero-order valence-corrected chi connectivity index (χ0v) is 11.9. The van der Waals surface area contributed by atoms with Crippen molar-refractivity contribution in [3.8, 4) is 28.4 Å². The third-order valence-electron chi connectivity index (χ3n) is 2.97. The Kier molecular flexibility index (Phi) is 3.64. The van der Waals surface area contributed by atoms with Crippen molar-refractivity contribution < 1.29 is 4.74 Å². The molecule has 0 saturated carbocycles. The Bertz CT molecular complexity index is 705. The Morgan fingerprint density at radius 1 is 1.00 bits per heavy atom. The van der Waals surface area contributed by atoms with Gasteiger partial charge in [-0.15, -0.1) is 10.2 Å². The molecule has 106 valence electrons. The van der Waals surface area contributed by atoms with E-state index in [1.54, 1.807) is 6.20 Å². The average molecular weight is 280 g/mol. The predicted molar refractivity (Wildman–Crippen MR) is 80.8 cm³/mol. The quantitative estimate of drug-likeness (QED) is 0.796. The molecule has 0 bridgehead atoms. The molecule has 21 heavy (non-hydrogen) atoms. The van der Waals surface area contributed by atoms with E-state index in [1.165, 1.54) is 0 Å². The van der Waals surface area contributed by atoms with Gasteiger partial charge in [0.25, 0.3) is 0 Å². The first kappa shape index (κ1) is 13.3. The number of hydrogen-bond donors (Lipinski definition) is 1. The number of aromatic amines is 1. The van der Waals surface area contributed by atoms with Crippen LogP contribution in [0, 0.1) is 0 Å². The summed E-state index contributed by atoms with van der Waals surface area (Å²) in [5.41, 5.74) is 3.86. The highest BCUT2D eigenvalue weighted by atomic mass is 16.5. The first-order valence-electron chi connectivity index (χ1n) is 6.83. The maximum absolute atomic E-state index is 5.50. The number of hydrogen-bond acceptors (Lipinski definition) is 4. The van der Waals surface area contributed by atoms with Gasteiger partial charge < -0.3 is 4.74 Å². The molecule has 0 fully saturated rings. The van der Waals surface area contributed by atoms with E-state index in [4.69, 9.17) is 4.74 Å². The molecule has 0 unspecified atom stereocenters. The van der Waals surface area contributed by atoms with Crippen LogP contribution in [0.4, 0.5) is 0 Å². The van der Waals surface area contributed by atoms with Crippen LogP contribution >= 0.6 is 0 Å². The Hall–Kier alpha value is -2.69. The van der Waals surface area contributed by atoms with E-state index in [0.717, 1.165) is 22.5 Å². The van der Waals surface area contributed by atoms with Crippen molar-refractivity contribution in [3.05, 3.63) is 48.7 Å². The predicted octanol–water partition coefficient (Wildman–Crippen LogP) is 3.32. The van der Waals surface area contributed by atoms with Crippen LogP contribution in [0.5, 0.6) is 5.88 Å². The summed E-state index contributed by atoms with van der Waals surface area (Å²) in [7, 11) is 0. The van der Waals surface area contributed by atoms with E-state index >= 15 is 0 Å². The molecule has 0 aliphatic carbocycles. The fourth-order valence-electron chi connectivity index (χ4n) is 2.04. The zero-order chi connectivity index (χ0) is 14.7. The van der Waals surface area contributed by atoms with Crippen LogP contribution in [0.15, 0.2) is 48.7 Å². The molecule has 0 spiro atoms. The number of nitrogens with zero attached hydrogens (tertiary/aromatic N) is 3. The van der Waals surface area contributed by atoms with Crippen molar-refractivity contribution in [3.63, 3.8) is 0 Å². The second kappa shape index (κ2) is 5.75. The van der Waals surface area contributed by atoms with Gasteiger partial charge in [-0.05, 0) is 32.0 Å². The van der Waals surface area contributed by atoms with Crippen molar-refractivity contribution >= 4 is 0 Å². The van der Waals surface area contributed by atoms with Crippen LogP contribution in [0.1, 0.15) is 13.8 Å². The van der Waals surface area contributed by atoms with Gasteiger partial charge in [0.2, 0.25) is 5.88 Å². The molecule has 0 aliphatic heterocycles. The van der Waals surface area contributed by atoms with Crippen molar-refractivity contribution in [1.29, 1.82) is 0 Å². The minimum absolute atomic E-state index is 0.0915. The fraction of sp³-hybridized carbons (Fsp3) is 0.188. The summed E-state index contributed by atoms with van der Waals surface area (Å²) in [5.74, 6) is 0.540. The molecule has 0 amide bonds. The van der Waals surface area contributed by atoms with Gasteiger partial charge in [-0.1, -0.05) is 18.2 Å². The second-order valence-electron chi connectivity index (χ2n) is 4.97. The number of H-pyrrole nitrogens is 1. The van der Waals surface area contributed by atoms with Gasteiger partial charge >= 0.3 is 0 Å². The summed E-state index contributed by atoms with van der Waals surface area (Å²) in [4.78, 5) is 0. The molecule has 5 nitrogen and oxygen atoms in total. The summed E-state index contributed by atoms with van der Waals surface area (Å²) in [5, 5.41) is 15.2. The van der Waals surface area contributed by atoms with Crippen molar-refractivity contribution in [1.82, 2.24) is 20.4 Å². The topological polar surface area (TPSA) is 63.7 Å². The van der Waals surface area contributed by atoms with E-state index in [2.05, 4.69) is 26.5 Å². The molecular weight excluding hydrogens is 264 g/mol. The van der Waals surface area contributed by atoms with Crippen LogP contribution in [-0.4, -0.2) is 26.5 Å². The molecule has 0 aliphatic rings. The summed E-state index contributed by atoms with van der Waals surface area (Å²) in [6, 6.07) is 13.8. The van der Waals surface area contributed by atoms with Crippen LogP contribution in [0.25, 0.3) is 22.5 Å². The molecule has 0 atom stereocenters.